The molecule has 3 aliphatic rings. The molecule has 0 spiro atoms. The summed E-state index contributed by atoms with van der Waals surface area (Å²) >= 11 is 0. The van der Waals surface area contributed by atoms with Crippen LogP contribution in [0.3, 0.4) is 0 Å². The molecular formula is C26H49N3O3. The Morgan fingerprint density at radius 1 is 0.531 bits per heavy atom. The Kier molecular flexibility index (Phi) is 11.2. The smallest absolute Gasteiger partial charge is 0.227 e. The molecule has 3 rings (SSSR count). The molecule has 0 radical (unpaired) electrons. The van der Waals surface area contributed by atoms with E-state index in [0.717, 1.165) is 39.3 Å². The second-order valence-electron chi connectivity index (χ2n) is 11.7. The van der Waals surface area contributed by atoms with Crippen LogP contribution < -0.4 is 0 Å². The van der Waals surface area contributed by atoms with Crippen LogP contribution in [0.1, 0.15) is 93.9 Å². The van der Waals surface area contributed by atoms with Gasteiger partial charge >= 0.3 is 0 Å². The normalized spacial score (nSPS) is 18.8. The summed E-state index contributed by atoms with van der Waals surface area (Å²) in [6.07, 6.45) is 7.23. The van der Waals surface area contributed by atoms with Crippen molar-refractivity contribution < 1.29 is 14.4 Å². The minimum absolute atomic E-state index is 0.174. The second kappa shape index (κ2) is 12.6. The fraction of sp³-hybridized carbons (Fsp3) is 0.885. The molecule has 0 unspecified atom stereocenters. The van der Waals surface area contributed by atoms with Crippen molar-refractivity contribution >= 4 is 17.7 Å². The maximum absolute atomic E-state index is 11.6. The van der Waals surface area contributed by atoms with Gasteiger partial charge in [0.25, 0.3) is 0 Å². The zero-order valence-corrected chi connectivity index (χ0v) is 22.1. The lowest BCUT2D eigenvalue weighted by Gasteiger charge is -2.35. The first-order valence-corrected chi connectivity index (χ1v) is 12.6. The highest BCUT2D eigenvalue weighted by Gasteiger charge is 2.30. The predicted octanol–water partition coefficient (Wildman–Crippen LogP) is 4.57. The quantitative estimate of drug-likeness (QED) is 0.586. The van der Waals surface area contributed by atoms with Crippen LogP contribution in [-0.2, 0) is 14.4 Å². The van der Waals surface area contributed by atoms with Gasteiger partial charge in [-0.3, -0.25) is 14.4 Å². The molecule has 3 fully saturated rings. The van der Waals surface area contributed by atoms with Gasteiger partial charge in [0.1, 0.15) is 0 Å². The first-order valence-electron chi connectivity index (χ1n) is 12.6. The number of hydrogen-bond donors (Lipinski definition) is 0. The van der Waals surface area contributed by atoms with E-state index in [1.807, 2.05) is 70.1 Å². The van der Waals surface area contributed by atoms with Crippen molar-refractivity contribution in [1.29, 1.82) is 0 Å². The molecule has 6 nitrogen and oxygen atoms in total. The van der Waals surface area contributed by atoms with Gasteiger partial charge < -0.3 is 14.7 Å². The van der Waals surface area contributed by atoms with Gasteiger partial charge in [-0.1, -0.05) is 55.4 Å². The Bertz CT molecular complexity index is 601. The maximum atomic E-state index is 11.6. The largest absolute Gasteiger partial charge is 0.342 e. The zero-order valence-electron chi connectivity index (χ0n) is 22.1. The fourth-order valence-electron chi connectivity index (χ4n) is 3.87. The molecule has 0 aromatic rings. The van der Waals surface area contributed by atoms with Crippen molar-refractivity contribution in [3.63, 3.8) is 0 Å². The number of amides is 3. The lowest BCUT2D eigenvalue weighted by molar-refractivity contribution is -0.143. The van der Waals surface area contributed by atoms with Crippen molar-refractivity contribution in [2.45, 2.75) is 93.9 Å². The molecule has 0 saturated carbocycles. The molecule has 3 amide bonds. The van der Waals surface area contributed by atoms with Crippen LogP contribution in [0, 0.1) is 16.7 Å². The molecule has 3 heterocycles. The van der Waals surface area contributed by atoms with Gasteiger partial charge in [-0.15, -0.1) is 0 Å². The average Bonchev–Trinajstić information content (AvgIpc) is 3.20. The van der Waals surface area contributed by atoms with Crippen molar-refractivity contribution in [2.24, 2.45) is 16.7 Å². The van der Waals surface area contributed by atoms with Crippen LogP contribution in [-0.4, -0.2) is 71.7 Å². The second-order valence-corrected chi connectivity index (χ2v) is 11.7. The Labute approximate surface area is 197 Å². The Morgan fingerprint density at radius 3 is 1.12 bits per heavy atom. The first-order chi connectivity index (χ1) is 14.7. The van der Waals surface area contributed by atoms with Gasteiger partial charge in [0.2, 0.25) is 17.7 Å². The van der Waals surface area contributed by atoms with Gasteiger partial charge in [-0.25, -0.2) is 0 Å². The summed E-state index contributed by atoms with van der Waals surface area (Å²) in [6.45, 7) is 21.6. The van der Waals surface area contributed by atoms with Crippen molar-refractivity contribution in [2.75, 3.05) is 39.3 Å². The highest BCUT2D eigenvalue weighted by molar-refractivity contribution is 5.82. The number of rotatable bonds is 1. The number of carbonyl (C=O) groups is 3. The molecule has 186 valence electrons. The third kappa shape index (κ3) is 9.50. The van der Waals surface area contributed by atoms with E-state index in [1.165, 1.54) is 38.5 Å². The van der Waals surface area contributed by atoms with E-state index in [9.17, 15) is 14.4 Å². The van der Waals surface area contributed by atoms with Crippen LogP contribution in [0.2, 0.25) is 0 Å². The van der Waals surface area contributed by atoms with Gasteiger partial charge in [0.05, 0.1) is 0 Å². The average molecular weight is 452 g/mol. The van der Waals surface area contributed by atoms with E-state index in [0.29, 0.717) is 17.7 Å². The van der Waals surface area contributed by atoms with Gasteiger partial charge in [0.15, 0.2) is 0 Å². The summed E-state index contributed by atoms with van der Waals surface area (Å²) in [6, 6.07) is 0. The van der Waals surface area contributed by atoms with Gasteiger partial charge in [-0.2, -0.15) is 0 Å². The van der Waals surface area contributed by atoms with Crippen LogP contribution in [0.5, 0.6) is 0 Å². The summed E-state index contributed by atoms with van der Waals surface area (Å²) in [5.41, 5.74) is -0.370. The zero-order chi connectivity index (χ0) is 24.5. The molecule has 0 atom stereocenters. The molecule has 0 aromatic heterocycles. The molecule has 32 heavy (non-hydrogen) atoms. The van der Waals surface area contributed by atoms with Crippen molar-refractivity contribution in [3.05, 3.63) is 0 Å². The fourth-order valence-corrected chi connectivity index (χ4v) is 3.87. The Hall–Kier alpha value is -1.59. The predicted molar refractivity (Wildman–Crippen MR) is 131 cm³/mol. The molecule has 3 saturated heterocycles. The monoisotopic (exact) mass is 451 g/mol. The number of nitrogens with zero attached hydrogens (tertiary/aromatic N) is 3. The summed E-state index contributed by atoms with van der Waals surface area (Å²) < 4.78 is 0. The lowest BCUT2D eigenvalue weighted by Crippen LogP contribution is -2.47. The van der Waals surface area contributed by atoms with Crippen molar-refractivity contribution in [3.8, 4) is 0 Å². The number of piperidine rings is 1. The third-order valence-electron chi connectivity index (χ3n) is 5.98. The summed E-state index contributed by atoms with van der Waals surface area (Å²) in [5.74, 6) is 1.09. The van der Waals surface area contributed by atoms with Gasteiger partial charge in [0, 0.05) is 56.0 Å². The number of likely N-dealkylation sites (tertiary alicyclic amines) is 3. The van der Waals surface area contributed by atoms with E-state index in [1.54, 1.807) is 0 Å². The topological polar surface area (TPSA) is 60.9 Å². The summed E-state index contributed by atoms with van der Waals surface area (Å²) in [7, 11) is 0. The lowest BCUT2D eigenvalue weighted by atomic mass is 9.93. The highest BCUT2D eigenvalue weighted by Crippen LogP contribution is 2.21. The third-order valence-corrected chi connectivity index (χ3v) is 5.98. The molecule has 0 N–H and O–H groups in total. The Balaban J connectivity index is 0.000000240. The van der Waals surface area contributed by atoms with E-state index < -0.39 is 0 Å². The molecule has 0 bridgehead atoms. The molecule has 0 aromatic carbocycles. The van der Waals surface area contributed by atoms with E-state index >= 15 is 0 Å². The molecular weight excluding hydrogens is 402 g/mol. The van der Waals surface area contributed by atoms with Gasteiger partial charge in [-0.05, 0) is 38.5 Å². The van der Waals surface area contributed by atoms with Crippen molar-refractivity contribution in [1.82, 2.24) is 14.7 Å². The first kappa shape index (κ1) is 28.4. The van der Waals surface area contributed by atoms with Crippen LogP contribution in [0.4, 0.5) is 0 Å². The van der Waals surface area contributed by atoms with E-state index in [-0.39, 0.29) is 16.7 Å². The number of hydrogen-bond acceptors (Lipinski definition) is 3. The molecule has 3 aliphatic heterocycles. The standard InChI is InChI=1S/2C9H17NO.C8H15NO/c1-9(2,3)8(11)10-6-4-5-7-10;1-8(2)9(11)10-6-4-3-5-7-10;1-8(2,3)7(10)9-5-4-6-9/h4-7H2,1-3H3;8H,3-7H2,1-2H3;4-6H2,1-3H3. The number of carbonyl (C=O) groups excluding carboxylic acids is 3. The highest BCUT2D eigenvalue weighted by atomic mass is 16.2. The maximum Gasteiger partial charge on any atom is 0.227 e. The van der Waals surface area contributed by atoms with Crippen LogP contribution >= 0.6 is 0 Å². The Morgan fingerprint density at radius 2 is 0.844 bits per heavy atom. The molecule has 6 heteroatoms. The van der Waals surface area contributed by atoms with E-state index in [4.69, 9.17) is 0 Å². The van der Waals surface area contributed by atoms with E-state index in [2.05, 4.69) is 0 Å². The van der Waals surface area contributed by atoms with Crippen LogP contribution in [0.25, 0.3) is 0 Å². The van der Waals surface area contributed by atoms with Crippen LogP contribution in [0.15, 0.2) is 0 Å². The minimum atomic E-state index is -0.190. The minimum Gasteiger partial charge on any atom is -0.342 e. The summed E-state index contributed by atoms with van der Waals surface area (Å²) in [4.78, 5) is 40.3. The SMILES string of the molecule is CC(C)(C)C(=O)N1CCC1.CC(C)(C)C(=O)N1CCCC1.CC(C)C(=O)N1CCCCC1. The summed E-state index contributed by atoms with van der Waals surface area (Å²) in [5, 5.41) is 0. The molecule has 0 aliphatic carbocycles.